The molecule has 2 rings (SSSR count). The molecule has 2 heterocycles. The molecule has 14 heavy (non-hydrogen) atoms. The zero-order valence-corrected chi connectivity index (χ0v) is 7.68. The van der Waals surface area contributed by atoms with Crippen molar-refractivity contribution in [3.8, 4) is 0 Å². The summed E-state index contributed by atoms with van der Waals surface area (Å²) in [6.45, 7) is 1.94. The molecule has 1 saturated heterocycles. The fraction of sp³-hybridized carbons (Fsp3) is 0.714. The quantitative estimate of drug-likeness (QED) is 0.593. The van der Waals surface area contributed by atoms with Gasteiger partial charge in [0.15, 0.2) is 6.33 Å². The number of aromatic nitrogens is 4. The van der Waals surface area contributed by atoms with Crippen LogP contribution >= 0.6 is 0 Å². The molecule has 1 fully saturated rings. The fourth-order valence-corrected chi connectivity index (χ4v) is 1.44. The molecule has 1 atom stereocenters. The van der Waals surface area contributed by atoms with Crippen molar-refractivity contribution in [3.05, 3.63) is 6.33 Å². The lowest BCUT2D eigenvalue weighted by Crippen LogP contribution is -2.38. The Morgan fingerprint density at radius 2 is 2.64 bits per heavy atom. The molecule has 0 aromatic carbocycles. The third kappa shape index (κ3) is 2.25. The Kier molecular flexibility index (Phi) is 2.68. The topological polar surface area (TPSA) is 84.7 Å². The van der Waals surface area contributed by atoms with Crippen molar-refractivity contribution < 1.29 is 4.79 Å². The van der Waals surface area contributed by atoms with Gasteiger partial charge in [-0.15, -0.1) is 10.2 Å². The zero-order valence-electron chi connectivity index (χ0n) is 7.68. The number of carbonyl (C=O) groups is 1. The van der Waals surface area contributed by atoms with E-state index in [4.69, 9.17) is 0 Å². The molecule has 7 heteroatoms. The van der Waals surface area contributed by atoms with Gasteiger partial charge >= 0.3 is 0 Å². The summed E-state index contributed by atoms with van der Waals surface area (Å²) in [5, 5.41) is 16.9. The number of rotatable bonds is 3. The number of carbonyl (C=O) groups excluding carboxylic acids is 1. The second-order valence-corrected chi connectivity index (χ2v) is 3.22. The van der Waals surface area contributed by atoms with Crippen LogP contribution in [0.4, 0.5) is 0 Å². The number of nitrogens with one attached hydrogen (secondary N) is 2. The first-order valence-corrected chi connectivity index (χ1v) is 4.55. The predicted octanol–water partition coefficient (Wildman–Crippen LogP) is -1.85. The molecule has 1 aromatic heterocycles. The van der Waals surface area contributed by atoms with Crippen LogP contribution in [0.25, 0.3) is 0 Å². The summed E-state index contributed by atoms with van der Waals surface area (Å²) < 4.78 is 0. The van der Waals surface area contributed by atoms with Crippen LogP contribution in [0.5, 0.6) is 0 Å². The monoisotopic (exact) mass is 196 g/mol. The Bertz CT molecular complexity index is 291. The number of tetrazole rings is 1. The first kappa shape index (κ1) is 9.07. The first-order valence-electron chi connectivity index (χ1n) is 4.55. The molecule has 1 aliphatic rings. The van der Waals surface area contributed by atoms with E-state index in [1.165, 1.54) is 11.1 Å². The van der Waals surface area contributed by atoms with Crippen molar-refractivity contribution in [2.75, 3.05) is 13.1 Å². The minimum atomic E-state index is -0.0725. The third-order valence-corrected chi connectivity index (χ3v) is 2.10. The molecular formula is C7H12N6O. The Labute approximate surface area is 80.9 Å². The molecule has 0 spiro atoms. The summed E-state index contributed by atoms with van der Waals surface area (Å²) in [6, 6.07) is 0.242. The zero-order chi connectivity index (χ0) is 9.80. The van der Waals surface area contributed by atoms with Gasteiger partial charge in [-0.3, -0.25) is 4.79 Å². The van der Waals surface area contributed by atoms with Crippen molar-refractivity contribution in [1.82, 2.24) is 30.8 Å². The Hall–Kier alpha value is -1.50. The number of nitrogens with zero attached hydrogens (tertiary/aromatic N) is 4. The van der Waals surface area contributed by atoms with E-state index in [-0.39, 0.29) is 18.5 Å². The minimum absolute atomic E-state index is 0.0725. The molecule has 0 radical (unpaired) electrons. The smallest absolute Gasteiger partial charge is 0.243 e. The maximum absolute atomic E-state index is 11.4. The number of amides is 1. The van der Waals surface area contributed by atoms with E-state index in [1.807, 2.05) is 0 Å². The molecule has 0 unspecified atom stereocenters. The van der Waals surface area contributed by atoms with Gasteiger partial charge in [-0.05, 0) is 18.2 Å². The second-order valence-electron chi connectivity index (χ2n) is 3.22. The van der Waals surface area contributed by atoms with Gasteiger partial charge in [-0.2, -0.15) is 4.80 Å². The molecule has 1 amide bonds. The van der Waals surface area contributed by atoms with Crippen LogP contribution in [0.3, 0.4) is 0 Å². The van der Waals surface area contributed by atoms with Crippen molar-refractivity contribution in [2.45, 2.75) is 19.0 Å². The summed E-state index contributed by atoms with van der Waals surface area (Å²) >= 11 is 0. The molecule has 7 nitrogen and oxygen atoms in total. The highest BCUT2D eigenvalue weighted by Gasteiger charge is 2.16. The second kappa shape index (κ2) is 4.14. The molecule has 2 N–H and O–H groups in total. The highest BCUT2D eigenvalue weighted by Crippen LogP contribution is 1.96. The number of hydrogen-bond donors (Lipinski definition) is 2. The molecule has 0 saturated carbocycles. The summed E-state index contributed by atoms with van der Waals surface area (Å²) in [6.07, 6.45) is 2.29. The van der Waals surface area contributed by atoms with Crippen molar-refractivity contribution >= 4 is 5.91 Å². The lowest BCUT2D eigenvalue weighted by Gasteiger charge is -2.09. The summed E-state index contributed by atoms with van der Waals surface area (Å²) in [5.41, 5.74) is 0. The Morgan fingerprint density at radius 1 is 1.71 bits per heavy atom. The maximum Gasteiger partial charge on any atom is 0.243 e. The molecule has 1 aliphatic heterocycles. The van der Waals surface area contributed by atoms with E-state index >= 15 is 0 Å². The lowest BCUT2D eigenvalue weighted by molar-refractivity contribution is -0.122. The Balaban J connectivity index is 1.78. The maximum atomic E-state index is 11.4. The van der Waals surface area contributed by atoms with Gasteiger partial charge in [-0.25, -0.2) is 0 Å². The molecule has 0 aliphatic carbocycles. The highest BCUT2D eigenvalue weighted by molar-refractivity contribution is 5.75. The van der Waals surface area contributed by atoms with Crippen LogP contribution < -0.4 is 10.6 Å². The van der Waals surface area contributed by atoms with Crippen molar-refractivity contribution in [3.63, 3.8) is 0 Å². The van der Waals surface area contributed by atoms with Crippen LogP contribution in [0.15, 0.2) is 6.33 Å². The standard InChI is InChI=1S/C7H12N6O/c14-7(4-13-10-5-9-12-13)11-6-1-2-8-3-6/h5-6,8H,1-4H2,(H,11,14)/t6-/m0/s1. The highest BCUT2D eigenvalue weighted by atomic mass is 16.2. The predicted molar refractivity (Wildman–Crippen MR) is 47.2 cm³/mol. The largest absolute Gasteiger partial charge is 0.350 e. The fourth-order valence-electron chi connectivity index (χ4n) is 1.44. The molecule has 1 aromatic rings. The van der Waals surface area contributed by atoms with Crippen LogP contribution in [0.2, 0.25) is 0 Å². The van der Waals surface area contributed by atoms with Gasteiger partial charge in [-0.1, -0.05) is 0 Å². The lowest BCUT2D eigenvalue weighted by atomic mass is 10.2. The van der Waals surface area contributed by atoms with Crippen LogP contribution in [-0.2, 0) is 11.3 Å². The van der Waals surface area contributed by atoms with Crippen molar-refractivity contribution in [2.24, 2.45) is 0 Å². The van der Waals surface area contributed by atoms with Gasteiger partial charge in [0.05, 0.1) is 0 Å². The first-order chi connectivity index (χ1) is 6.84. The average Bonchev–Trinajstić information content (AvgIpc) is 2.76. The van der Waals surface area contributed by atoms with Gasteiger partial charge in [0.25, 0.3) is 0 Å². The van der Waals surface area contributed by atoms with Crippen LogP contribution in [-0.4, -0.2) is 45.2 Å². The van der Waals surface area contributed by atoms with Crippen molar-refractivity contribution in [1.29, 1.82) is 0 Å². The molecule has 76 valence electrons. The summed E-state index contributed by atoms with van der Waals surface area (Å²) in [5.74, 6) is -0.0725. The third-order valence-electron chi connectivity index (χ3n) is 2.10. The van der Waals surface area contributed by atoms with E-state index < -0.39 is 0 Å². The molecule has 0 bridgehead atoms. The van der Waals surface area contributed by atoms with E-state index in [9.17, 15) is 4.79 Å². The van der Waals surface area contributed by atoms with Gasteiger partial charge in [0, 0.05) is 12.6 Å². The number of hydrogen-bond acceptors (Lipinski definition) is 5. The van der Waals surface area contributed by atoms with E-state index in [2.05, 4.69) is 26.0 Å². The van der Waals surface area contributed by atoms with Gasteiger partial charge in [0.1, 0.15) is 6.54 Å². The Morgan fingerprint density at radius 3 is 3.29 bits per heavy atom. The summed E-state index contributed by atoms with van der Waals surface area (Å²) in [4.78, 5) is 12.7. The summed E-state index contributed by atoms with van der Waals surface area (Å²) in [7, 11) is 0. The normalized spacial score (nSPS) is 21.0. The van der Waals surface area contributed by atoms with Crippen LogP contribution in [0, 0.1) is 0 Å². The van der Waals surface area contributed by atoms with E-state index in [0.717, 1.165) is 19.5 Å². The van der Waals surface area contributed by atoms with Crippen LogP contribution in [0.1, 0.15) is 6.42 Å². The average molecular weight is 196 g/mol. The SMILES string of the molecule is O=C(Cn1ncnn1)N[C@H]1CCNC1. The van der Waals surface area contributed by atoms with Gasteiger partial charge in [0.2, 0.25) is 5.91 Å². The van der Waals surface area contributed by atoms with E-state index in [0.29, 0.717) is 0 Å². The van der Waals surface area contributed by atoms with Gasteiger partial charge < -0.3 is 10.6 Å². The van der Waals surface area contributed by atoms with E-state index in [1.54, 1.807) is 0 Å². The molecular weight excluding hydrogens is 184 g/mol. The minimum Gasteiger partial charge on any atom is -0.350 e.